The third-order valence-electron chi connectivity index (χ3n) is 3.07. The van der Waals surface area contributed by atoms with Crippen LogP contribution in [-0.4, -0.2) is 18.6 Å². The van der Waals surface area contributed by atoms with E-state index < -0.39 is 0 Å². The van der Waals surface area contributed by atoms with Crippen LogP contribution in [0.4, 0.5) is 11.4 Å². The summed E-state index contributed by atoms with van der Waals surface area (Å²) in [5.74, 6) is 0. The van der Waals surface area contributed by atoms with Crippen LogP contribution in [0.15, 0.2) is 48.7 Å². The first kappa shape index (κ1) is 13.9. The first-order chi connectivity index (χ1) is 9.83. The van der Waals surface area contributed by atoms with Crippen molar-refractivity contribution in [2.24, 2.45) is 0 Å². The summed E-state index contributed by atoms with van der Waals surface area (Å²) in [4.78, 5) is 6.57. The molecule has 0 bridgehead atoms. The van der Waals surface area contributed by atoms with E-state index in [0.29, 0.717) is 19.5 Å². The number of hydrogen-bond donors (Lipinski definition) is 1. The monoisotopic (exact) mass is 266 g/mol. The molecule has 4 heteroatoms. The smallest absolute Gasteiger partial charge is 0.0640 e. The van der Waals surface area contributed by atoms with E-state index in [1.165, 1.54) is 0 Å². The fourth-order valence-electron chi connectivity index (χ4n) is 2.04. The number of pyridine rings is 1. The molecule has 102 valence electrons. The molecule has 0 fully saturated rings. The van der Waals surface area contributed by atoms with Crippen molar-refractivity contribution in [3.63, 3.8) is 0 Å². The summed E-state index contributed by atoms with van der Waals surface area (Å²) in [6, 6.07) is 16.3. The number of nitrogens with one attached hydrogen (secondary N) is 1. The van der Waals surface area contributed by atoms with Crippen LogP contribution in [0.5, 0.6) is 0 Å². The lowest BCUT2D eigenvalue weighted by atomic mass is 10.2. The number of rotatable bonds is 6. The SMILES string of the molecule is CNc1ccnc(CN(CCC#N)c2ccccc2)c1. The molecule has 0 saturated heterocycles. The first-order valence-corrected chi connectivity index (χ1v) is 6.63. The van der Waals surface area contributed by atoms with Crippen LogP contribution in [0.1, 0.15) is 12.1 Å². The maximum atomic E-state index is 8.81. The van der Waals surface area contributed by atoms with Gasteiger partial charge in [-0.15, -0.1) is 0 Å². The van der Waals surface area contributed by atoms with Crippen LogP contribution in [-0.2, 0) is 6.54 Å². The summed E-state index contributed by atoms with van der Waals surface area (Å²) in [5.41, 5.74) is 3.14. The molecule has 1 aromatic carbocycles. The number of hydrogen-bond acceptors (Lipinski definition) is 4. The van der Waals surface area contributed by atoms with Gasteiger partial charge < -0.3 is 10.2 Å². The van der Waals surface area contributed by atoms with Crippen molar-refractivity contribution in [3.8, 4) is 6.07 Å². The van der Waals surface area contributed by atoms with E-state index >= 15 is 0 Å². The van der Waals surface area contributed by atoms with Crippen molar-refractivity contribution < 1.29 is 0 Å². The third-order valence-corrected chi connectivity index (χ3v) is 3.07. The number of nitrogens with zero attached hydrogens (tertiary/aromatic N) is 3. The molecule has 1 N–H and O–H groups in total. The van der Waals surface area contributed by atoms with E-state index in [1.807, 2.05) is 37.4 Å². The van der Waals surface area contributed by atoms with Gasteiger partial charge in [0, 0.05) is 31.2 Å². The van der Waals surface area contributed by atoms with Crippen molar-refractivity contribution in [2.45, 2.75) is 13.0 Å². The van der Waals surface area contributed by atoms with E-state index in [-0.39, 0.29) is 0 Å². The van der Waals surface area contributed by atoms with Gasteiger partial charge in [-0.05, 0) is 24.3 Å². The van der Waals surface area contributed by atoms with Gasteiger partial charge in [0.2, 0.25) is 0 Å². The Kier molecular flexibility index (Phi) is 4.96. The second-order valence-corrected chi connectivity index (χ2v) is 4.45. The molecule has 0 aliphatic rings. The molecule has 1 aromatic heterocycles. The van der Waals surface area contributed by atoms with Crippen LogP contribution in [0.2, 0.25) is 0 Å². The van der Waals surface area contributed by atoms with Gasteiger partial charge >= 0.3 is 0 Å². The van der Waals surface area contributed by atoms with Crippen LogP contribution < -0.4 is 10.2 Å². The predicted octanol–water partition coefficient (Wildman–Crippen LogP) is 3.04. The van der Waals surface area contributed by atoms with E-state index in [2.05, 4.69) is 33.4 Å². The molecule has 0 aliphatic heterocycles. The number of aromatic nitrogens is 1. The van der Waals surface area contributed by atoms with Gasteiger partial charge in [-0.2, -0.15) is 5.26 Å². The van der Waals surface area contributed by atoms with Gasteiger partial charge in [0.1, 0.15) is 0 Å². The molecule has 2 aromatic rings. The number of nitriles is 1. The van der Waals surface area contributed by atoms with Crippen molar-refractivity contribution in [1.29, 1.82) is 5.26 Å². The van der Waals surface area contributed by atoms with Crippen LogP contribution in [0.25, 0.3) is 0 Å². The van der Waals surface area contributed by atoms with Gasteiger partial charge in [-0.3, -0.25) is 4.98 Å². The highest BCUT2D eigenvalue weighted by atomic mass is 15.1. The summed E-state index contributed by atoms with van der Waals surface area (Å²) in [7, 11) is 1.89. The molecular weight excluding hydrogens is 248 g/mol. The number of para-hydroxylation sites is 1. The summed E-state index contributed by atoms with van der Waals surface area (Å²) in [5, 5.41) is 11.9. The molecule has 1 heterocycles. The highest BCUT2D eigenvalue weighted by molar-refractivity contribution is 5.48. The summed E-state index contributed by atoms with van der Waals surface area (Å²) in [6.07, 6.45) is 2.30. The fourth-order valence-corrected chi connectivity index (χ4v) is 2.04. The van der Waals surface area contributed by atoms with Crippen molar-refractivity contribution >= 4 is 11.4 Å². The van der Waals surface area contributed by atoms with Crippen molar-refractivity contribution in [1.82, 2.24) is 4.98 Å². The molecule has 0 aliphatic carbocycles. The minimum atomic E-state index is 0.501. The quantitative estimate of drug-likeness (QED) is 0.873. The summed E-state index contributed by atoms with van der Waals surface area (Å²) in [6.45, 7) is 1.40. The lowest BCUT2D eigenvalue weighted by molar-refractivity contribution is 0.781. The summed E-state index contributed by atoms with van der Waals surface area (Å²) < 4.78 is 0. The van der Waals surface area contributed by atoms with E-state index in [4.69, 9.17) is 5.26 Å². The summed E-state index contributed by atoms with van der Waals surface area (Å²) >= 11 is 0. The Labute approximate surface area is 119 Å². The zero-order valence-electron chi connectivity index (χ0n) is 11.6. The zero-order chi connectivity index (χ0) is 14.2. The Morgan fingerprint density at radius 3 is 2.75 bits per heavy atom. The average molecular weight is 266 g/mol. The number of anilines is 2. The van der Waals surface area contributed by atoms with Crippen LogP contribution in [0.3, 0.4) is 0 Å². The number of benzene rings is 1. The Morgan fingerprint density at radius 2 is 2.05 bits per heavy atom. The highest BCUT2D eigenvalue weighted by Gasteiger charge is 2.08. The lowest BCUT2D eigenvalue weighted by Gasteiger charge is -2.23. The fraction of sp³-hybridized carbons (Fsp3) is 0.250. The van der Waals surface area contributed by atoms with Crippen LogP contribution >= 0.6 is 0 Å². The molecule has 0 radical (unpaired) electrons. The maximum absolute atomic E-state index is 8.81. The minimum absolute atomic E-state index is 0.501. The predicted molar refractivity (Wildman–Crippen MR) is 81.5 cm³/mol. The molecule has 0 spiro atoms. The lowest BCUT2D eigenvalue weighted by Crippen LogP contribution is -2.24. The van der Waals surface area contributed by atoms with Gasteiger partial charge in [-0.1, -0.05) is 18.2 Å². The Balaban J connectivity index is 2.17. The largest absolute Gasteiger partial charge is 0.388 e. The highest BCUT2D eigenvalue weighted by Crippen LogP contribution is 2.17. The normalized spacial score (nSPS) is 9.80. The molecular formula is C16H18N4. The Bertz CT molecular complexity index is 575. The third kappa shape index (κ3) is 3.72. The van der Waals surface area contributed by atoms with E-state index in [9.17, 15) is 0 Å². The minimum Gasteiger partial charge on any atom is -0.388 e. The first-order valence-electron chi connectivity index (χ1n) is 6.63. The zero-order valence-corrected chi connectivity index (χ0v) is 11.6. The molecule has 20 heavy (non-hydrogen) atoms. The second-order valence-electron chi connectivity index (χ2n) is 4.45. The molecule has 4 nitrogen and oxygen atoms in total. The van der Waals surface area contributed by atoms with Gasteiger partial charge in [0.15, 0.2) is 0 Å². The van der Waals surface area contributed by atoms with Gasteiger partial charge in [0.05, 0.1) is 24.7 Å². The Hall–Kier alpha value is -2.54. The molecule has 0 saturated carbocycles. The van der Waals surface area contributed by atoms with Gasteiger partial charge in [0.25, 0.3) is 0 Å². The van der Waals surface area contributed by atoms with Gasteiger partial charge in [-0.25, -0.2) is 0 Å². The van der Waals surface area contributed by atoms with Crippen molar-refractivity contribution in [3.05, 3.63) is 54.4 Å². The molecule has 0 unspecified atom stereocenters. The molecule has 2 rings (SSSR count). The Morgan fingerprint density at radius 1 is 1.25 bits per heavy atom. The average Bonchev–Trinajstić information content (AvgIpc) is 2.52. The maximum Gasteiger partial charge on any atom is 0.0640 e. The topological polar surface area (TPSA) is 52.0 Å². The molecule has 0 amide bonds. The second kappa shape index (κ2) is 7.15. The van der Waals surface area contributed by atoms with E-state index in [0.717, 1.165) is 17.1 Å². The standard InChI is InChI=1S/C16H18N4/c1-18-14-8-10-19-15(12-14)13-20(11-5-9-17)16-6-3-2-4-7-16/h2-4,6-8,10,12H,5,11,13H2,1H3,(H,18,19). The van der Waals surface area contributed by atoms with E-state index in [1.54, 1.807) is 6.20 Å². The van der Waals surface area contributed by atoms with Crippen molar-refractivity contribution in [2.75, 3.05) is 23.8 Å². The van der Waals surface area contributed by atoms with Crippen LogP contribution in [0, 0.1) is 11.3 Å². The molecule has 0 atom stereocenters.